The maximum absolute atomic E-state index is 12.7. The van der Waals surface area contributed by atoms with Crippen LogP contribution in [-0.4, -0.2) is 42.3 Å². The lowest BCUT2D eigenvalue weighted by molar-refractivity contribution is -0.121. The number of carbonyl (C=O) groups excluding carboxylic acids is 3. The molecular formula is C26H28N4O4. The Kier molecular flexibility index (Phi) is 7.72. The van der Waals surface area contributed by atoms with Crippen LogP contribution in [0.2, 0.25) is 0 Å². The number of para-hydroxylation sites is 2. The zero-order valence-corrected chi connectivity index (χ0v) is 18.8. The Morgan fingerprint density at radius 1 is 0.882 bits per heavy atom. The Bertz CT molecular complexity index is 1110. The van der Waals surface area contributed by atoms with Crippen LogP contribution in [0.15, 0.2) is 77.4 Å². The molecule has 0 bridgehead atoms. The van der Waals surface area contributed by atoms with Crippen molar-refractivity contribution < 1.29 is 18.8 Å². The summed E-state index contributed by atoms with van der Waals surface area (Å²) >= 11 is 0. The molecule has 3 N–H and O–H groups in total. The van der Waals surface area contributed by atoms with Crippen LogP contribution in [-0.2, 0) is 16.1 Å². The lowest BCUT2D eigenvalue weighted by atomic mass is 9.96. The Morgan fingerprint density at radius 2 is 1.62 bits per heavy atom. The molecule has 176 valence electrons. The summed E-state index contributed by atoms with van der Waals surface area (Å²) in [5, 5.41) is 8.61. The van der Waals surface area contributed by atoms with E-state index in [0.717, 1.165) is 5.69 Å². The average molecular weight is 461 g/mol. The number of furan rings is 1. The summed E-state index contributed by atoms with van der Waals surface area (Å²) < 4.78 is 5.24. The number of amides is 3. The van der Waals surface area contributed by atoms with Crippen molar-refractivity contribution in [3.8, 4) is 0 Å². The highest BCUT2D eigenvalue weighted by atomic mass is 16.3. The molecular weight excluding hydrogens is 432 g/mol. The van der Waals surface area contributed by atoms with Gasteiger partial charge in [-0.25, -0.2) is 0 Å². The van der Waals surface area contributed by atoms with Gasteiger partial charge in [-0.3, -0.25) is 19.3 Å². The van der Waals surface area contributed by atoms with Crippen molar-refractivity contribution in [2.24, 2.45) is 5.92 Å². The Balaban J connectivity index is 1.25. The van der Waals surface area contributed by atoms with E-state index in [-0.39, 0.29) is 36.7 Å². The van der Waals surface area contributed by atoms with Gasteiger partial charge in [-0.2, -0.15) is 0 Å². The zero-order chi connectivity index (χ0) is 23.8. The average Bonchev–Trinajstić information content (AvgIpc) is 3.38. The third-order valence-corrected chi connectivity index (χ3v) is 5.82. The van der Waals surface area contributed by atoms with Crippen molar-refractivity contribution in [1.29, 1.82) is 0 Å². The first kappa shape index (κ1) is 23.3. The fourth-order valence-corrected chi connectivity index (χ4v) is 3.98. The summed E-state index contributed by atoms with van der Waals surface area (Å²) in [4.78, 5) is 39.8. The van der Waals surface area contributed by atoms with Gasteiger partial charge in [0.25, 0.3) is 5.91 Å². The summed E-state index contributed by atoms with van der Waals surface area (Å²) in [5.74, 6) is 0.106. The largest absolute Gasteiger partial charge is 0.467 e. The second-order valence-corrected chi connectivity index (χ2v) is 8.26. The molecule has 0 saturated carbocycles. The van der Waals surface area contributed by atoms with E-state index in [1.165, 1.54) is 0 Å². The van der Waals surface area contributed by atoms with Crippen LogP contribution in [0.4, 0.5) is 11.4 Å². The van der Waals surface area contributed by atoms with E-state index in [1.807, 2.05) is 35.2 Å². The highest BCUT2D eigenvalue weighted by Crippen LogP contribution is 2.20. The number of carbonyl (C=O) groups is 3. The van der Waals surface area contributed by atoms with Gasteiger partial charge < -0.3 is 20.4 Å². The molecule has 34 heavy (non-hydrogen) atoms. The van der Waals surface area contributed by atoms with Gasteiger partial charge in [0.2, 0.25) is 11.8 Å². The quantitative estimate of drug-likeness (QED) is 0.477. The molecule has 1 aromatic heterocycles. The van der Waals surface area contributed by atoms with Crippen molar-refractivity contribution in [3.05, 3.63) is 84.3 Å². The van der Waals surface area contributed by atoms with Gasteiger partial charge >= 0.3 is 0 Å². The van der Waals surface area contributed by atoms with Gasteiger partial charge in [-0.1, -0.05) is 30.3 Å². The lowest BCUT2D eigenvalue weighted by Crippen LogP contribution is -2.42. The Morgan fingerprint density at radius 3 is 2.35 bits per heavy atom. The van der Waals surface area contributed by atoms with Crippen molar-refractivity contribution in [2.75, 3.05) is 30.3 Å². The molecule has 4 rings (SSSR count). The van der Waals surface area contributed by atoms with Crippen molar-refractivity contribution >= 4 is 29.1 Å². The number of benzene rings is 2. The number of hydrogen-bond donors (Lipinski definition) is 3. The molecule has 8 nitrogen and oxygen atoms in total. The molecule has 1 aliphatic heterocycles. The highest BCUT2D eigenvalue weighted by molar-refractivity contribution is 6.04. The minimum Gasteiger partial charge on any atom is -0.467 e. The number of anilines is 2. The molecule has 1 fully saturated rings. The SMILES string of the molecule is O=C(CN1CCC(C(=O)Nc2ccccc2)CC1)Nc1ccccc1C(=O)NCc1ccco1. The zero-order valence-electron chi connectivity index (χ0n) is 18.8. The van der Waals surface area contributed by atoms with Crippen molar-refractivity contribution in [1.82, 2.24) is 10.2 Å². The molecule has 3 aromatic rings. The minimum atomic E-state index is -0.294. The van der Waals surface area contributed by atoms with Crippen LogP contribution < -0.4 is 16.0 Å². The van der Waals surface area contributed by atoms with Gasteiger partial charge in [0.1, 0.15) is 5.76 Å². The smallest absolute Gasteiger partial charge is 0.253 e. The van der Waals surface area contributed by atoms with Crippen LogP contribution in [0.5, 0.6) is 0 Å². The highest BCUT2D eigenvalue weighted by Gasteiger charge is 2.26. The molecule has 0 spiro atoms. The van der Waals surface area contributed by atoms with Crippen molar-refractivity contribution in [2.45, 2.75) is 19.4 Å². The van der Waals surface area contributed by atoms with E-state index in [9.17, 15) is 14.4 Å². The second-order valence-electron chi connectivity index (χ2n) is 8.26. The normalized spacial score (nSPS) is 14.4. The molecule has 2 aromatic carbocycles. The molecule has 1 saturated heterocycles. The van der Waals surface area contributed by atoms with Gasteiger partial charge in [-0.05, 0) is 62.3 Å². The molecule has 0 radical (unpaired) electrons. The van der Waals surface area contributed by atoms with Gasteiger partial charge in [0.05, 0.1) is 30.6 Å². The number of likely N-dealkylation sites (tertiary alicyclic amines) is 1. The topological polar surface area (TPSA) is 104 Å². The van der Waals surface area contributed by atoms with Gasteiger partial charge in [0, 0.05) is 11.6 Å². The number of nitrogens with zero attached hydrogens (tertiary/aromatic N) is 1. The lowest BCUT2D eigenvalue weighted by Gasteiger charge is -2.30. The second kappa shape index (κ2) is 11.3. The summed E-state index contributed by atoms with van der Waals surface area (Å²) in [7, 11) is 0. The van der Waals surface area contributed by atoms with E-state index < -0.39 is 0 Å². The first-order valence-electron chi connectivity index (χ1n) is 11.4. The monoisotopic (exact) mass is 460 g/mol. The third-order valence-electron chi connectivity index (χ3n) is 5.82. The summed E-state index contributed by atoms with van der Waals surface area (Å²) in [6, 6.07) is 19.9. The van der Waals surface area contributed by atoms with Crippen LogP contribution >= 0.6 is 0 Å². The fourth-order valence-electron chi connectivity index (χ4n) is 3.98. The molecule has 0 atom stereocenters. The molecule has 0 aliphatic carbocycles. The van der Waals surface area contributed by atoms with E-state index >= 15 is 0 Å². The molecule has 8 heteroatoms. The summed E-state index contributed by atoms with van der Waals surface area (Å²) in [5.41, 5.74) is 1.64. The van der Waals surface area contributed by atoms with E-state index in [2.05, 4.69) is 16.0 Å². The van der Waals surface area contributed by atoms with Crippen LogP contribution in [0, 0.1) is 5.92 Å². The number of hydrogen-bond acceptors (Lipinski definition) is 5. The summed E-state index contributed by atoms with van der Waals surface area (Å²) in [6.07, 6.45) is 2.93. The molecule has 1 aliphatic rings. The van der Waals surface area contributed by atoms with Gasteiger partial charge in [-0.15, -0.1) is 0 Å². The molecule has 0 unspecified atom stereocenters. The number of rotatable bonds is 8. The van der Waals surface area contributed by atoms with Crippen LogP contribution in [0.1, 0.15) is 29.0 Å². The van der Waals surface area contributed by atoms with E-state index in [1.54, 1.807) is 42.7 Å². The first-order valence-corrected chi connectivity index (χ1v) is 11.4. The van der Waals surface area contributed by atoms with E-state index in [4.69, 9.17) is 4.42 Å². The predicted molar refractivity (Wildman–Crippen MR) is 129 cm³/mol. The number of piperidine rings is 1. The maximum atomic E-state index is 12.7. The minimum absolute atomic E-state index is 0.0183. The van der Waals surface area contributed by atoms with Crippen molar-refractivity contribution in [3.63, 3.8) is 0 Å². The maximum Gasteiger partial charge on any atom is 0.253 e. The third kappa shape index (κ3) is 6.32. The Labute approximate surface area is 198 Å². The molecule has 2 heterocycles. The van der Waals surface area contributed by atoms with Gasteiger partial charge in [0.15, 0.2) is 0 Å². The van der Waals surface area contributed by atoms with E-state index in [0.29, 0.717) is 42.9 Å². The summed E-state index contributed by atoms with van der Waals surface area (Å²) in [6.45, 7) is 1.79. The standard InChI is InChI=1S/C26H28N4O4/c31-24(18-30-14-12-19(13-15-30)25(32)28-20-7-2-1-3-8-20)29-23-11-5-4-10-22(23)26(33)27-17-21-9-6-16-34-21/h1-11,16,19H,12-15,17-18H2,(H,27,33)(H,28,32)(H,29,31). The Hall–Kier alpha value is -3.91. The van der Waals surface area contributed by atoms with Crippen LogP contribution in [0.25, 0.3) is 0 Å². The fraction of sp³-hybridized carbons (Fsp3) is 0.269. The number of nitrogens with one attached hydrogen (secondary N) is 3. The first-order chi connectivity index (χ1) is 16.6. The predicted octanol–water partition coefficient (Wildman–Crippen LogP) is 3.50. The van der Waals surface area contributed by atoms with Crippen LogP contribution in [0.3, 0.4) is 0 Å². The molecule has 3 amide bonds.